The van der Waals surface area contributed by atoms with Gasteiger partial charge >= 0.3 is 0 Å². The van der Waals surface area contributed by atoms with Gasteiger partial charge in [-0.3, -0.25) is 9.59 Å². The van der Waals surface area contributed by atoms with Crippen molar-refractivity contribution in [1.82, 2.24) is 4.90 Å². The largest absolute Gasteiger partial charge is 0.345 e. The van der Waals surface area contributed by atoms with Crippen molar-refractivity contribution in [3.63, 3.8) is 0 Å². The minimum Gasteiger partial charge on any atom is -0.345 e. The van der Waals surface area contributed by atoms with Gasteiger partial charge < -0.3 is 16.0 Å². The maximum Gasteiger partial charge on any atom is 0.253 e. The Balaban J connectivity index is 2.81. The van der Waals surface area contributed by atoms with E-state index in [4.69, 9.17) is 5.73 Å². The Bertz CT molecular complexity index is 476. The molecule has 0 saturated heterocycles. The molecule has 0 saturated carbocycles. The van der Waals surface area contributed by atoms with Crippen LogP contribution in [0.4, 0.5) is 5.69 Å². The number of benzene rings is 1. The van der Waals surface area contributed by atoms with Crippen molar-refractivity contribution in [3.05, 3.63) is 29.8 Å². The fourth-order valence-corrected chi connectivity index (χ4v) is 1.78. The van der Waals surface area contributed by atoms with Gasteiger partial charge in [-0.1, -0.05) is 13.8 Å². The SMILES string of the molecule is CCC(N)(CC)C(=O)Nc1ccc(C(=O)N(C)C)cc1. The zero-order chi connectivity index (χ0) is 15.3. The molecule has 0 aliphatic heterocycles. The van der Waals surface area contributed by atoms with E-state index in [1.807, 2.05) is 13.8 Å². The molecule has 0 heterocycles. The average molecular weight is 277 g/mol. The summed E-state index contributed by atoms with van der Waals surface area (Å²) in [5.74, 6) is -0.271. The first-order chi connectivity index (χ1) is 9.34. The van der Waals surface area contributed by atoms with Crippen LogP contribution in [0, 0.1) is 0 Å². The molecule has 1 aromatic rings. The third kappa shape index (κ3) is 3.57. The zero-order valence-corrected chi connectivity index (χ0v) is 12.6. The molecule has 0 bridgehead atoms. The lowest BCUT2D eigenvalue weighted by atomic mass is 9.93. The molecule has 0 radical (unpaired) electrons. The minimum absolute atomic E-state index is 0.0711. The van der Waals surface area contributed by atoms with E-state index < -0.39 is 5.54 Å². The Morgan fingerprint density at radius 2 is 1.65 bits per heavy atom. The Hall–Kier alpha value is -1.88. The van der Waals surface area contributed by atoms with E-state index in [0.717, 1.165) is 0 Å². The highest BCUT2D eigenvalue weighted by Crippen LogP contribution is 2.16. The second-order valence-corrected chi connectivity index (χ2v) is 5.09. The molecule has 0 spiro atoms. The maximum atomic E-state index is 12.1. The molecule has 0 atom stereocenters. The average Bonchev–Trinajstić information content (AvgIpc) is 2.46. The molecule has 3 N–H and O–H groups in total. The van der Waals surface area contributed by atoms with Gasteiger partial charge in [0.25, 0.3) is 5.91 Å². The Labute approximate surface area is 120 Å². The van der Waals surface area contributed by atoms with Crippen LogP contribution in [-0.4, -0.2) is 36.3 Å². The summed E-state index contributed by atoms with van der Waals surface area (Å²) in [6.45, 7) is 3.78. The molecule has 0 fully saturated rings. The number of nitrogens with one attached hydrogen (secondary N) is 1. The molecular formula is C15H23N3O2. The van der Waals surface area contributed by atoms with E-state index in [1.54, 1.807) is 38.4 Å². The number of anilines is 1. The van der Waals surface area contributed by atoms with Crippen molar-refractivity contribution in [3.8, 4) is 0 Å². The second-order valence-electron chi connectivity index (χ2n) is 5.09. The molecule has 0 aliphatic carbocycles. The highest BCUT2D eigenvalue weighted by Gasteiger charge is 2.29. The summed E-state index contributed by atoms with van der Waals surface area (Å²) in [4.78, 5) is 25.4. The van der Waals surface area contributed by atoms with Crippen LogP contribution in [0.3, 0.4) is 0 Å². The summed E-state index contributed by atoms with van der Waals surface area (Å²) in [7, 11) is 3.40. The van der Waals surface area contributed by atoms with Gasteiger partial charge in [-0.25, -0.2) is 0 Å². The van der Waals surface area contributed by atoms with Gasteiger partial charge in [-0.05, 0) is 37.1 Å². The van der Waals surface area contributed by atoms with Crippen molar-refractivity contribution >= 4 is 17.5 Å². The van der Waals surface area contributed by atoms with Crippen LogP contribution < -0.4 is 11.1 Å². The van der Waals surface area contributed by atoms with Gasteiger partial charge in [0, 0.05) is 25.3 Å². The fraction of sp³-hybridized carbons (Fsp3) is 0.467. The van der Waals surface area contributed by atoms with Crippen LogP contribution in [0.15, 0.2) is 24.3 Å². The number of carbonyl (C=O) groups excluding carboxylic acids is 2. The Morgan fingerprint density at radius 3 is 2.05 bits per heavy atom. The molecule has 0 aliphatic rings. The predicted octanol–water partition coefficient (Wildman–Crippen LogP) is 1.84. The number of nitrogens with two attached hydrogens (primary N) is 1. The Kier molecular flexibility index (Phi) is 5.27. The summed E-state index contributed by atoms with van der Waals surface area (Å²) >= 11 is 0. The number of amides is 2. The van der Waals surface area contributed by atoms with E-state index >= 15 is 0 Å². The van der Waals surface area contributed by atoms with Crippen LogP contribution in [0.25, 0.3) is 0 Å². The molecule has 2 amide bonds. The number of hydrogen-bond acceptors (Lipinski definition) is 3. The summed E-state index contributed by atoms with van der Waals surface area (Å²) in [6.07, 6.45) is 1.15. The standard InChI is InChI=1S/C15H23N3O2/c1-5-15(16,6-2)14(20)17-12-9-7-11(8-10-12)13(19)18(3)4/h7-10H,5-6,16H2,1-4H3,(H,17,20). The third-order valence-corrected chi connectivity index (χ3v) is 3.51. The highest BCUT2D eigenvalue weighted by molar-refractivity contribution is 5.99. The molecule has 20 heavy (non-hydrogen) atoms. The lowest BCUT2D eigenvalue weighted by molar-refractivity contribution is -0.121. The number of carbonyl (C=O) groups is 2. The quantitative estimate of drug-likeness (QED) is 0.862. The number of hydrogen-bond donors (Lipinski definition) is 2. The summed E-state index contributed by atoms with van der Waals surface area (Å²) < 4.78 is 0. The third-order valence-electron chi connectivity index (χ3n) is 3.51. The van der Waals surface area contributed by atoms with Gasteiger partial charge in [0.1, 0.15) is 0 Å². The minimum atomic E-state index is -0.849. The molecule has 5 heteroatoms. The van der Waals surface area contributed by atoms with E-state index in [-0.39, 0.29) is 11.8 Å². The van der Waals surface area contributed by atoms with Gasteiger partial charge in [0.15, 0.2) is 0 Å². The van der Waals surface area contributed by atoms with Crippen molar-refractivity contribution < 1.29 is 9.59 Å². The lowest BCUT2D eigenvalue weighted by Crippen LogP contribution is -2.50. The van der Waals surface area contributed by atoms with Crippen LogP contribution in [0.1, 0.15) is 37.0 Å². The van der Waals surface area contributed by atoms with Crippen LogP contribution in [0.2, 0.25) is 0 Å². The van der Waals surface area contributed by atoms with Crippen molar-refractivity contribution in [1.29, 1.82) is 0 Å². The first kappa shape index (κ1) is 16.2. The first-order valence-corrected chi connectivity index (χ1v) is 6.76. The van der Waals surface area contributed by atoms with Crippen molar-refractivity contribution in [2.75, 3.05) is 19.4 Å². The van der Waals surface area contributed by atoms with E-state index in [1.165, 1.54) is 4.90 Å². The molecule has 0 unspecified atom stereocenters. The second kappa shape index (κ2) is 6.52. The molecule has 110 valence electrons. The van der Waals surface area contributed by atoms with E-state index in [0.29, 0.717) is 24.1 Å². The normalized spacial score (nSPS) is 11.1. The number of rotatable bonds is 5. The first-order valence-electron chi connectivity index (χ1n) is 6.76. The van der Waals surface area contributed by atoms with Crippen LogP contribution >= 0.6 is 0 Å². The molecule has 5 nitrogen and oxygen atoms in total. The van der Waals surface area contributed by atoms with Gasteiger partial charge in [0.05, 0.1) is 5.54 Å². The van der Waals surface area contributed by atoms with E-state index in [2.05, 4.69) is 5.32 Å². The number of nitrogens with zero attached hydrogens (tertiary/aromatic N) is 1. The molecule has 1 rings (SSSR count). The lowest BCUT2D eigenvalue weighted by Gasteiger charge is -2.25. The molecule has 0 aromatic heterocycles. The predicted molar refractivity (Wildman–Crippen MR) is 80.6 cm³/mol. The van der Waals surface area contributed by atoms with Gasteiger partial charge in [-0.15, -0.1) is 0 Å². The van der Waals surface area contributed by atoms with Crippen molar-refractivity contribution in [2.24, 2.45) is 5.73 Å². The Morgan fingerprint density at radius 1 is 1.15 bits per heavy atom. The topological polar surface area (TPSA) is 75.4 Å². The molecule has 1 aromatic carbocycles. The maximum absolute atomic E-state index is 12.1. The zero-order valence-electron chi connectivity index (χ0n) is 12.6. The summed E-state index contributed by atoms with van der Waals surface area (Å²) in [6, 6.07) is 6.79. The van der Waals surface area contributed by atoms with Gasteiger partial charge in [0.2, 0.25) is 5.91 Å². The van der Waals surface area contributed by atoms with Crippen LogP contribution in [-0.2, 0) is 4.79 Å². The summed E-state index contributed by atoms with van der Waals surface area (Å²) in [5.41, 5.74) is 6.41. The molecular weight excluding hydrogens is 254 g/mol. The smallest absolute Gasteiger partial charge is 0.253 e. The van der Waals surface area contributed by atoms with Gasteiger partial charge in [-0.2, -0.15) is 0 Å². The fourth-order valence-electron chi connectivity index (χ4n) is 1.78. The van der Waals surface area contributed by atoms with Crippen LogP contribution in [0.5, 0.6) is 0 Å². The monoisotopic (exact) mass is 277 g/mol. The highest BCUT2D eigenvalue weighted by atomic mass is 16.2. The van der Waals surface area contributed by atoms with Crippen molar-refractivity contribution in [2.45, 2.75) is 32.2 Å². The van der Waals surface area contributed by atoms with E-state index in [9.17, 15) is 9.59 Å². The summed E-state index contributed by atoms with van der Waals surface area (Å²) in [5, 5.41) is 2.79.